The molecule has 0 aliphatic rings. The molecule has 0 amide bonds. The first-order valence-corrected chi connectivity index (χ1v) is 5.56. The van der Waals surface area contributed by atoms with Crippen molar-refractivity contribution < 1.29 is 9.84 Å². The minimum absolute atomic E-state index is 0.0939. The van der Waals surface area contributed by atoms with E-state index in [1.165, 1.54) is 0 Å². The number of benzene rings is 2. The Bertz CT molecular complexity index is 535. The lowest BCUT2D eigenvalue weighted by Crippen LogP contribution is -2.37. The van der Waals surface area contributed by atoms with Crippen molar-refractivity contribution in [3.8, 4) is 5.75 Å². The van der Waals surface area contributed by atoms with Gasteiger partial charge in [0, 0.05) is 5.39 Å². The van der Waals surface area contributed by atoms with Crippen LogP contribution in [0.4, 0.5) is 0 Å². The number of hydrogen-bond donors (Lipinski definition) is 2. The zero-order valence-corrected chi connectivity index (χ0v) is 10.1. The third-order valence-electron chi connectivity index (χ3n) is 3.05. The summed E-state index contributed by atoms with van der Waals surface area (Å²) in [5.74, 6) is 0.818. The Labute approximate surface area is 101 Å². The third kappa shape index (κ3) is 1.99. The van der Waals surface area contributed by atoms with E-state index in [2.05, 4.69) is 0 Å². The van der Waals surface area contributed by atoms with Crippen LogP contribution in [0.2, 0.25) is 0 Å². The van der Waals surface area contributed by atoms with Gasteiger partial charge in [0.05, 0.1) is 19.3 Å². The van der Waals surface area contributed by atoms with E-state index in [1.807, 2.05) is 43.3 Å². The summed E-state index contributed by atoms with van der Waals surface area (Å²) in [4.78, 5) is 0. The molecule has 0 aliphatic heterocycles. The molecular weight excluding hydrogens is 214 g/mol. The molecule has 2 aromatic carbocycles. The molecule has 0 fully saturated rings. The van der Waals surface area contributed by atoms with Gasteiger partial charge in [-0.25, -0.2) is 0 Å². The highest BCUT2D eigenvalue weighted by molar-refractivity contribution is 5.91. The highest BCUT2D eigenvalue weighted by Crippen LogP contribution is 2.32. The molecule has 0 bridgehead atoms. The Morgan fingerprint density at radius 3 is 2.41 bits per heavy atom. The summed E-state index contributed by atoms with van der Waals surface area (Å²) >= 11 is 0. The smallest absolute Gasteiger partial charge is 0.126 e. The Kier molecular flexibility index (Phi) is 3.05. The summed E-state index contributed by atoms with van der Waals surface area (Å²) in [7, 11) is 1.65. The Balaban J connectivity index is 2.75. The standard InChI is InChI=1S/C14H17NO2/c1-14(15,9-16)12-7-8-13(17-2)11-6-4-3-5-10(11)12/h3-8,16H,9,15H2,1-2H3. The first-order valence-electron chi connectivity index (χ1n) is 5.56. The van der Waals surface area contributed by atoms with E-state index >= 15 is 0 Å². The van der Waals surface area contributed by atoms with Crippen LogP contribution in [0, 0.1) is 0 Å². The van der Waals surface area contributed by atoms with Gasteiger partial charge in [-0.3, -0.25) is 0 Å². The van der Waals surface area contributed by atoms with Gasteiger partial charge in [-0.05, 0) is 23.9 Å². The second-order valence-electron chi connectivity index (χ2n) is 4.44. The van der Waals surface area contributed by atoms with Gasteiger partial charge in [0.1, 0.15) is 5.75 Å². The van der Waals surface area contributed by atoms with Crippen LogP contribution >= 0.6 is 0 Å². The lowest BCUT2D eigenvalue weighted by Gasteiger charge is -2.24. The summed E-state index contributed by atoms with van der Waals surface area (Å²) in [6.07, 6.45) is 0. The molecule has 1 unspecified atom stereocenters. The average molecular weight is 231 g/mol. The molecule has 17 heavy (non-hydrogen) atoms. The van der Waals surface area contributed by atoms with E-state index in [-0.39, 0.29) is 6.61 Å². The van der Waals surface area contributed by atoms with Crippen molar-refractivity contribution in [2.75, 3.05) is 13.7 Å². The van der Waals surface area contributed by atoms with Gasteiger partial charge in [-0.1, -0.05) is 30.3 Å². The maximum atomic E-state index is 9.38. The van der Waals surface area contributed by atoms with Crippen LogP contribution in [0.3, 0.4) is 0 Å². The van der Waals surface area contributed by atoms with Crippen molar-refractivity contribution >= 4 is 10.8 Å². The predicted octanol–water partition coefficient (Wildman–Crippen LogP) is 2.01. The zero-order chi connectivity index (χ0) is 12.5. The molecule has 3 N–H and O–H groups in total. The van der Waals surface area contributed by atoms with Gasteiger partial charge in [-0.2, -0.15) is 0 Å². The van der Waals surface area contributed by atoms with Crippen molar-refractivity contribution in [2.45, 2.75) is 12.5 Å². The third-order valence-corrected chi connectivity index (χ3v) is 3.05. The largest absolute Gasteiger partial charge is 0.496 e. The van der Waals surface area contributed by atoms with E-state index in [4.69, 9.17) is 10.5 Å². The molecule has 0 aliphatic carbocycles. The minimum atomic E-state index is -0.744. The SMILES string of the molecule is COc1ccc(C(C)(N)CO)c2ccccc12. The molecule has 0 spiro atoms. The van der Waals surface area contributed by atoms with Crippen LogP contribution in [0.15, 0.2) is 36.4 Å². The fraction of sp³-hybridized carbons (Fsp3) is 0.286. The zero-order valence-electron chi connectivity index (χ0n) is 10.1. The molecule has 0 saturated heterocycles. The minimum Gasteiger partial charge on any atom is -0.496 e. The van der Waals surface area contributed by atoms with Gasteiger partial charge in [0.2, 0.25) is 0 Å². The van der Waals surface area contributed by atoms with E-state index < -0.39 is 5.54 Å². The molecule has 3 heteroatoms. The van der Waals surface area contributed by atoms with Gasteiger partial charge < -0.3 is 15.6 Å². The monoisotopic (exact) mass is 231 g/mol. The van der Waals surface area contributed by atoms with Gasteiger partial charge in [0.15, 0.2) is 0 Å². The maximum absolute atomic E-state index is 9.38. The average Bonchev–Trinajstić information content (AvgIpc) is 2.37. The normalized spacial score (nSPS) is 14.6. The fourth-order valence-corrected chi connectivity index (χ4v) is 2.03. The lowest BCUT2D eigenvalue weighted by molar-refractivity contribution is 0.211. The summed E-state index contributed by atoms with van der Waals surface area (Å²) in [5.41, 5.74) is 6.29. The number of aliphatic hydroxyl groups excluding tert-OH is 1. The van der Waals surface area contributed by atoms with Crippen molar-refractivity contribution in [2.24, 2.45) is 5.73 Å². The van der Waals surface area contributed by atoms with Crippen LogP contribution in [0.25, 0.3) is 10.8 Å². The summed E-state index contributed by atoms with van der Waals surface area (Å²) in [6.45, 7) is 1.73. The van der Waals surface area contributed by atoms with Crippen LogP contribution in [0.5, 0.6) is 5.75 Å². The van der Waals surface area contributed by atoms with Crippen LogP contribution in [0.1, 0.15) is 12.5 Å². The Hall–Kier alpha value is -1.58. The first kappa shape index (κ1) is 11.9. The van der Waals surface area contributed by atoms with E-state index in [0.717, 1.165) is 22.1 Å². The van der Waals surface area contributed by atoms with Crippen LogP contribution in [-0.2, 0) is 5.54 Å². The number of fused-ring (bicyclic) bond motifs is 1. The van der Waals surface area contributed by atoms with Crippen molar-refractivity contribution in [3.05, 3.63) is 42.0 Å². The Morgan fingerprint density at radius 2 is 1.82 bits per heavy atom. The first-order chi connectivity index (χ1) is 8.10. The van der Waals surface area contributed by atoms with Gasteiger partial charge >= 0.3 is 0 Å². The Morgan fingerprint density at radius 1 is 1.18 bits per heavy atom. The van der Waals surface area contributed by atoms with Crippen molar-refractivity contribution in [1.29, 1.82) is 0 Å². The number of nitrogens with two attached hydrogens (primary N) is 1. The van der Waals surface area contributed by atoms with Crippen LogP contribution < -0.4 is 10.5 Å². The molecular formula is C14H17NO2. The fourth-order valence-electron chi connectivity index (χ4n) is 2.03. The second kappa shape index (κ2) is 4.35. The van der Waals surface area contributed by atoms with Crippen molar-refractivity contribution in [1.82, 2.24) is 0 Å². The molecule has 0 heterocycles. The number of methoxy groups -OCH3 is 1. The molecule has 2 aromatic rings. The highest BCUT2D eigenvalue weighted by Gasteiger charge is 2.23. The van der Waals surface area contributed by atoms with Crippen LogP contribution in [-0.4, -0.2) is 18.8 Å². The molecule has 90 valence electrons. The molecule has 1 atom stereocenters. The topological polar surface area (TPSA) is 55.5 Å². The van der Waals surface area contributed by atoms with Gasteiger partial charge in [0.25, 0.3) is 0 Å². The van der Waals surface area contributed by atoms with Crippen molar-refractivity contribution in [3.63, 3.8) is 0 Å². The van der Waals surface area contributed by atoms with Gasteiger partial charge in [-0.15, -0.1) is 0 Å². The number of hydrogen-bond acceptors (Lipinski definition) is 3. The number of rotatable bonds is 3. The molecule has 2 rings (SSSR count). The number of ether oxygens (including phenoxy) is 1. The molecule has 0 radical (unpaired) electrons. The predicted molar refractivity (Wildman–Crippen MR) is 69.1 cm³/mol. The molecule has 0 aromatic heterocycles. The second-order valence-corrected chi connectivity index (χ2v) is 4.44. The lowest BCUT2D eigenvalue weighted by atomic mass is 9.89. The summed E-state index contributed by atoms with van der Waals surface area (Å²) in [5, 5.41) is 11.4. The van der Waals surface area contributed by atoms with E-state index in [0.29, 0.717) is 0 Å². The van der Waals surface area contributed by atoms with E-state index in [9.17, 15) is 5.11 Å². The highest BCUT2D eigenvalue weighted by atomic mass is 16.5. The van der Waals surface area contributed by atoms with E-state index in [1.54, 1.807) is 7.11 Å². The molecule has 0 saturated carbocycles. The number of aliphatic hydroxyl groups is 1. The maximum Gasteiger partial charge on any atom is 0.126 e. The molecule has 3 nitrogen and oxygen atoms in total. The quantitative estimate of drug-likeness (QED) is 0.849. The summed E-state index contributed by atoms with van der Waals surface area (Å²) in [6, 6.07) is 11.7. The summed E-state index contributed by atoms with van der Waals surface area (Å²) < 4.78 is 5.33.